The van der Waals surface area contributed by atoms with E-state index in [9.17, 15) is 13.8 Å². The van der Waals surface area contributed by atoms with Crippen molar-refractivity contribution in [2.24, 2.45) is 12.0 Å². The van der Waals surface area contributed by atoms with Gasteiger partial charge in [0.1, 0.15) is 23.2 Å². The van der Waals surface area contributed by atoms with Crippen molar-refractivity contribution in [1.82, 2.24) is 13.8 Å². The largest absolute Gasteiger partial charge is 0.490 e. The Labute approximate surface area is 215 Å². The van der Waals surface area contributed by atoms with Gasteiger partial charge in [0.25, 0.3) is 5.56 Å². The highest BCUT2D eigenvalue weighted by Crippen LogP contribution is 2.43. The number of furan rings is 1. The Morgan fingerprint density at radius 2 is 2.08 bits per heavy atom. The molecule has 0 radical (unpaired) electrons. The SMILES string of the molecule is CC1CN(S2(C)(=O)CC2=O)CCN1Cc1cc2c(=O)n(C)cc(C3=C(OC4CCOC4)CN=CC3)c2o1. The molecule has 4 aliphatic heterocycles. The summed E-state index contributed by atoms with van der Waals surface area (Å²) < 4.78 is 34.8. The van der Waals surface area contributed by atoms with Crippen molar-refractivity contribution in [1.29, 1.82) is 0 Å². The lowest BCUT2D eigenvalue weighted by Crippen LogP contribution is -2.56. The molecular formula is C26H34N4O6S. The molecule has 0 bridgehead atoms. The monoisotopic (exact) mass is 530 g/mol. The Kier molecular flexibility index (Phi) is 5.83. The predicted molar refractivity (Wildman–Crippen MR) is 142 cm³/mol. The zero-order valence-corrected chi connectivity index (χ0v) is 22.4. The lowest BCUT2D eigenvalue weighted by Gasteiger charge is -2.43. The van der Waals surface area contributed by atoms with Crippen LogP contribution in [0.1, 0.15) is 31.1 Å². The summed E-state index contributed by atoms with van der Waals surface area (Å²) in [4.78, 5) is 31.7. The van der Waals surface area contributed by atoms with Crippen LogP contribution in [-0.4, -0.2) is 92.9 Å². The smallest absolute Gasteiger partial charge is 0.261 e. The summed E-state index contributed by atoms with van der Waals surface area (Å²) in [5, 5.41) is 0.421. The van der Waals surface area contributed by atoms with E-state index in [0.717, 1.165) is 23.3 Å². The normalized spacial score (nSPS) is 28.9. The molecule has 2 aromatic heterocycles. The molecule has 200 valence electrons. The van der Waals surface area contributed by atoms with Crippen molar-refractivity contribution in [3.63, 3.8) is 0 Å². The third-order valence-corrected chi connectivity index (χ3v) is 11.7. The third-order valence-electron chi connectivity index (χ3n) is 8.13. The standard InChI is InChI=1S/C26H34N4O6S/c1-17-12-30(37(3,33)16-24(37)31)8-7-29(17)13-19-10-21-25(36-19)22(14-28(2)26(21)32)20-4-6-27-11-23(20)35-18-5-9-34-15-18/h6,10,14,17-18H,4-5,7-9,11-13,15-16H2,1-3H3. The number of fused-ring (bicyclic) bond motifs is 1. The van der Waals surface area contributed by atoms with E-state index in [-0.39, 0.29) is 28.6 Å². The van der Waals surface area contributed by atoms with E-state index in [1.165, 1.54) is 0 Å². The fourth-order valence-corrected chi connectivity index (χ4v) is 8.38. The van der Waals surface area contributed by atoms with E-state index in [2.05, 4.69) is 16.8 Å². The van der Waals surface area contributed by atoms with Gasteiger partial charge >= 0.3 is 0 Å². The molecule has 11 heteroatoms. The molecule has 0 spiro atoms. The number of aliphatic imine (C=N–C) groups is 1. The quantitative estimate of drug-likeness (QED) is 0.522. The second-order valence-electron chi connectivity index (χ2n) is 10.9. The number of nitrogens with zero attached hydrogens (tertiary/aromatic N) is 4. The highest BCUT2D eigenvalue weighted by Gasteiger charge is 2.61. The van der Waals surface area contributed by atoms with Crippen LogP contribution in [0.4, 0.5) is 0 Å². The highest BCUT2D eigenvalue weighted by molar-refractivity contribution is 8.39. The van der Waals surface area contributed by atoms with Crippen LogP contribution in [0.3, 0.4) is 0 Å². The van der Waals surface area contributed by atoms with Crippen LogP contribution in [-0.2, 0) is 37.1 Å². The van der Waals surface area contributed by atoms with E-state index in [4.69, 9.17) is 13.9 Å². The molecule has 0 aliphatic carbocycles. The Bertz CT molecular complexity index is 1470. The number of ether oxygens (including phenoxy) is 2. The van der Waals surface area contributed by atoms with Crippen molar-refractivity contribution in [3.05, 3.63) is 39.7 Å². The fourth-order valence-electron chi connectivity index (χ4n) is 5.60. The van der Waals surface area contributed by atoms with Gasteiger partial charge in [-0.1, -0.05) is 0 Å². The van der Waals surface area contributed by atoms with Gasteiger partial charge in [-0.25, -0.2) is 4.31 Å². The van der Waals surface area contributed by atoms with Crippen LogP contribution in [0.2, 0.25) is 0 Å². The van der Waals surface area contributed by atoms with Crippen LogP contribution >= 0.6 is 0 Å². The first-order valence-corrected chi connectivity index (χ1v) is 15.4. The van der Waals surface area contributed by atoms with Gasteiger partial charge in [-0.15, -0.1) is 0 Å². The van der Waals surface area contributed by atoms with Gasteiger partial charge < -0.3 is 18.5 Å². The van der Waals surface area contributed by atoms with Crippen LogP contribution in [0.15, 0.2) is 32.2 Å². The van der Waals surface area contributed by atoms with Crippen molar-refractivity contribution >= 4 is 37.1 Å². The molecule has 4 aliphatic rings. The minimum Gasteiger partial charge on any atom is -0.490 e. The molecule has 3 saturated heterocycles. The number of carbonyl (C=O) groups excluding carboxylic acids is 1. The molecule has 0 amide bonds. The number of aryl methyl sites for hydroxylation is 1. The molecule has 2 aromatic rings. The van der Waals surface area contributed by atoms with Gasteiger partial charge in [0, 0.05) is 84.6 Å². The summed E-state index contributed by atoms with van der Waals surface area (Å²) in [5.41, 5.74) is 2.29. The van der Waals surface area contributed by atoms with E-state index in [0.29, 0.717) is 69.1 Å². The lowest BCUT2D eigenvalue weighted by atomic mass is 10.00. The number of aromatic nitrogens is 1. The molecule has 0 N–H and O–H groups in total. The number of carbonyl (C=O) groups is 1. The zero-order chi connectivity index (χ0) is 26.0. The summed E-state index contributed by atoms with van der Waals surface area (Å²) in [6.07, 6.45) is 6.79. The maximum absolute atomic E-state index is 13.2. The first kappa shape index (κ1) is 24.7. The van der Waals surface area contributed by atoms with Gasteiger partial charge in [-0.2, -0.15) is 0 Å². The number of piperazine rings is 1. The fraction of sp³-hybridized carbons (Fsp3) is 0.577. The molecule has 3 fully saturated rings. The number of rotatable bonds is 6. The summed E-state index contributed by atoms with van der Waals surface area (Å²) >= 11 is 0. The summed E-state index contributed by atoms with van der Waals surface area (Å²) in [5.74, 6) is 1.69. The first-order chi connectivity index (χ1) is 17.6. The Morgan fingerprint density at radius 3 is 2.78 bits per heavy atom. The van der Waals surface area contributed by atoms with Gasteiger partial charge in [-0.3, -0.25) is 23.7 Å². The third kappa shape index (κ3) is 4.21. The average molecular weight is 531 g/mol. The second kappa shape index (κ2) is 8.72. The molecule has 10 nitrogen and oxygen atoms in total. The van der Waals surface area contributed by atoms with Gasteiger partial charge in [0.05, 0.1) is 37.4 Å². The molecule has 6 heterocycles. The van der Waals surface area contributed by atoms with Crippen LogP contribution in [0, 0.1) is 0 Å². The van der Waals surface area contributed by atoms with E-state index in [1.54, 1.807) is 17.9 Å². The minimum absolute atomic E-state index is 0.0116. The zero-order valence-electron chi connectivity index (χ0n) is 21.6. The van der Waals surface area contributed by atoms with E-state index >= 15 is 0 Å². The Balaban J connectivity index is 1.29. The van der Waals surface area contributed by atoms with Crippen LogP contribution < -0.4 is 5.56 Å². The van der Waals surface area contributed by atoms with Crippen molar-refractivity contribution < 1.29 is 22.9 Å². The summed E-state index contributed by atoms with van der Waals surface area (Å²) in [7, 11) is -1.50. The molecular weight excluding hydrogens is 496 g/mol. The topological polar surface area (TPSA) is 107 Å². The molecule has 0 aromatic carbocycles. The predicted octanol–water partition coefficient (Wildman–Crippen LogP) is 1.53. The Morgan fingerprint density at radius 1 is 1.27 bits per heavy atom. The maximum atomic E-state index is 13.2. The minimum atomic E-state index is -3.25. The summed E-state index contributed by atoms with van der Waals surface area (Å²) in [6.45, 7) is 6.13. The lowest BCUT2D eigenvalue weighted by molar-refractivity contribution is -0.107. The van der Waals surface area contributed by atoms with Gasteiger partial charge in [-0.05, 0) is 13.0 Å². The van der Waals surface area contributed by atoms with Crippen molar-refractivity contribution in [3.8, 4) is 0 Å². The Hall–Kier alpha value is -2.60. The first-order valence-electron chi connectivity index (χ1n) is 12.9. The number of pyridine rings is 1. The number of hydrogen-bond acceptors (Lipinski definition) is 8. The molecule has 37 heavy (non-hydrogen) atoms. The second-order valence-corrected chi connectivity index (χ2v) is 15.1. The van der Waals surface area contributed by atoms with Crippen LogP contribution in [0.25, 0.3) is 16.5 Å². The molecule has 6 rings (SSSR count). The molecule has 2 unspecified atom stereocenters. The molecule has 2 atom stereocenters. The maximum Gasteiger partial charge on any atom is 0.261 e. The van der Waals surface area contributed by atoms with E-state index < -0.39 is 9.25 Å². The van der Waals surface area contributed by atoms with Crippen molar-refractivity contribution in [2.45, 2.75) is 38.5 Å². The van der Waals surface area contributed by atoms with Crippen molar-refractivity contribution in [2.75, 3.05) is 51.4 Å². The van der Waals surface area contributed by atoms with E-state index in [1.807, 2.05) is 22.8 Å². The molecule has 0 saturated carbocycles. The van der Waals surface area contributed by atoms with Gasteiger partial charge in [0.15, 0.2) is 0 Å². The van der Waals surface area contributed by atoms with Gasteiger partial charge in [0.2, 0.25) is 5.12 Å². The number of hydrogen-bond donors (Lipinski definition) is 0. The number of dihydropyridines is 1. The van der Waals surface area contributed by atoms with Crippen LogP contribution in [0.5, 0.6) is 0 Å². The highest BCUT2D eigenvalue weighted by atomic mass is 32.3. The average Bonchev–Trinajstić information content (AvgIpc) is 3.29. The number of allylic oxidation sites excluding steroid dienone is 1. The summed E-state index contributed by atoms with van der Waals surface area (Å²) in [6, 6.07) is 1.93.